The zero-order chi connectivity index (χ0) is 9.26. The zero-order valence-electron chi connectivity index (χ0n) is 7.73. The third kappa shape index (κ3) is 1.45. The summed E-state index contributed by atoms with van der Waals surface area (Å²) in [7, 11) is 1.94. The number of aryl methyl sites for hydroxylation is 2. The van der Waals surface area contributed by atoms with E-state index in [0.717, 1.165) is 17.0 Å². The lowest BCUT2D eigenvalue weighted by Crippen LogP contribution is -1.93. The van der Waals surface area contributed by atoms with Crippen LogP contribution in [-0.4, -0.2) is 14.8 Å². The second-order valence-electron chi connectivity index (χ2n) is 3.04. The van der Waals surface area contributed by atoms with Gasteiger partial charge in [-0.2, -0.15) is 5.10 Å². The lowest BCUT2D eigenvalue weighted by Gasteiger charge is -1.99. The van der Waals surface area contributed by atoms with E-state index >= 15 is 0 Å². The summed E-state index contributed by atoms with van der Waals surface area (Å²) in [5, 5.41) is 4.28. The molecule has 0 aliphatic rings. The summed E-state index contributed by atoms with van der Waals surface area (Å²) in [5.41, 5.74) is 3.23. The van der Waals surface area contributed by atoms with Crippen LogP contribution in [0.5, 0.6) is 0 Å². The van der Waals surface area contributed by atoms with Gasteiger partial charge in [0.05, 0.1) is 11.4 Å². The minimum atomic E-state index is 1.03. The van der Waals surface area contributed by atoms with E-state index in [1.807, 2.05) is 37.0 Å². The largest absolute Gasteiger partial charge is 0.268 e. The molecule has 3 heteroatoms. The summed E-state index contributed by atoms with van der Waals surface area (Å²) in [6.07, 6.45) is 3.61. The van der Waals surface area contributed by atoms with Crippen molar-refractivity contribution in [2.75, 3.05) is 0 Å². The van der Waals surface area contributed by atoms with Crippen LogP contribution in [0.25, 0.3) is 11.3 Å². The van der Waals surface area contributed by atoms with E-state index in [2.05, 4.69) is 16.1 Å². The van der Waals surface area contributed by atoms with Crippen molar-refractivity contribution in [3.63, 3.8) is 0 Å². The SMILES string of the molecule is Cc1cc(-c2cccnc2)n(C)n1. The molecule has 66 valence electrons. The van der Waals surface area contributed by atoms with E-state index in [-0.39, 0.29) is 0 Å². The van der Waals surface area contributed by atoms with Crippen LogP contribution in [0, 0.1) is 6.92 Å². The highest BCUT2D eigenvalue weighted by Gasteiger charge is 2.03. The first-order valence-corrected chi connectivity index (χ1v) is 4.18. The Balaban J connectivity index is 2.53. The Morgan fingerprint density at radius 2 is 2.23 bits per heavy atom. The molecule has 0 aromatic carbocycles. The van der Waals surface area contributed by atoms with Gasteiger partial charge in [0, 0.05) is 25.0 Å². The molecular formula is C10H11N3. The van der Waals surface area contributed by atoms with Gasteiger partial charge >= 0.3 is 0 Å². The van der Waals surface area contributed by atoms with E-state index in [1.165, 1.54) is 0 Å². The molecule has 13 heavy (non-hydrogen) atoms. The van der Waals surface area contributed by atoms with Gasteiger partial charge in [-0.05, 0) is 25.1 Å². The van der Waals surface area contributed by atoms with Crippen molar-refractivity contribution >= 4 is 0 Å². The molecule has 0 N–H and O–H groups in total. The summed E-state index contributed by atoms with van der Waals surface area (Å²) in [4.78, 5) is 4.07. The minimum absolute atomic E-state index is 1.03. The van der Waals surface area contributed by atoms with Gasteiger partial charge in [0.1, 0.15) is 0 Å². The maximum absolute atomic E-state index is 4.28. The van der Waals surface area contributed by atoms with E-state index in [9.17, 15) is 0 Å². The predicted molar refractivity (Wildman–Crippen MR) is 51.2 cm³/mol. The van der Waals surface area contributed by atoms with Crippen LogP contribution in [0.4, 0.5) is 0 Å². The number of hydrogen-bond donors (Lipinski definition) is 0. The standard InChI is InChI=1S/C10H11N3/c1-8-6-10(13(2)12-8)9-4-3-5-11-7-9/h3-7H,1-2H3. The highest BCUT2D eigenvalue weighted by molar-refractivity contribution is 5.58. The van der Waals surface area contributed by atoms with Crippen molar-refractivity contribution < 1.29 is 0 Å². The quantitative estimate of drug-likeness (QED) is 0.658. The van der Waals surface area contributed by atoms with E-state index in [4.69, 9.17) is 0 Å². The maximum Gasteiger partial charge on any atom is 0.0697 e. The number of pyridine rings is 1. The predicted octanol–water partition coefficient (Wildman–Crippen LogP) is 1.79. The Morgan fingerprint density at radius 3 is 2.77 bits per heavy atom. The molecule has 2 aromatic heterocycles. The summed E-state index contributed by atoms with van der Waals surface area (Å²) < 4.78 is 1.87. The Bertz CT molecular complexity index is 403. The lowest BCUT2D eigenvalue weighted by molar-refractivity contribution is 0.764. The zero-order valence-corrected chi connectivity index (χ0v) is 7.73. The molecule has 2 aromatic rings. The molecule has 0 aliphatic heterocycles. The summed E-state index contributed by atoms with van der Waals surface area (Å²) in [6.45, 7) is 1.99. The van der Waals surface area contributed by atoms with Gasteiger partial charge in [0.25, 0.3) is 0 Å². The molecular weight excluding hydrogens is 162 g/mol. The molecule has 0 aliphatic carbocycles. The first kappa shape index (κ1) is 7.98. The number of rotatable bonds is 1. The van der Waals surface area contributed by atoms with Crippen LogP contribution >= 0.6 is 0 Å². The van der Waals surface area contributed by atoms with Gasteiger partial charge in [0.15, 0.2) is 0 Å². The molecule has 2 heterocycles. The van der Waals surface area contributed by atoms with Gasteiger partial charge in [-0.15, -0.1) is 0 Å². The fraction of sp³-hybridized carbons (Fsp3) is 0.200. The van der Waals surface area contributed by atoms with E-state index in [1.54, 1.807) is 6.20 Å². The molecule has 0 saturated carbocycles. The van der Waals surface area contributed by atoms with Gasteiger partial charge in [-0.3, -0.25) is 9.67 Å². The number of hydrogen-bond acceptors (Lipinski definition) is 2. The average molecular weight is 173 g/mol. The lowest BCUT2D eigenvalue weighted by atomic mass is 10.2. The molecule has 0 amide bonds. The highest BCUT2D eigenvalue weighted by Crippen LogP contribution is 2.17. The van der Waals surface area contributed by atoms with E-state index in [0.29, 0.717) is 0 Å². The Hall–Kier alpha value is -1.64. The molecule has 0 radical (unpaired) electrons. The Morgan fingerprint density at radius 1 is 1.38 bits per heavy atom. The summed E-state index contributed by atoms with van der Waals surface area (Å²) >= 11 is 0. The van der Waals surface area contributed by atoms with Crippen molar-refractivity contribution in [1.82, 2.24) is 14.8 Å². The molecule has 3 nitrogen and oxygen atoms in total. The normalized spacial score (nSPS) is 10.3. The Kier molecular flexibility index (Phi) is 1.85. The van der Waals surface area contributed by atoms with Crippen molar-refractivity contribution in [3.8, 4) is 11.3 Å². The molecule has 0 saturated heterocycles. The molecule has 0 atom stereocenters. The van der Waals surface area contributed by atoms with Gasteiger partial charge in [-0.25, -0.2) is 0 Å². The van der Waals surface area contributed by atoms with Crippen molar-refractivity contribution in [1.29, 1.82) is 0 Å². The topological polar surface area (TPSA) is 30.7 Å². The van der Waals surface area contributed by atoms with Gasteiger partial charge in [-0.1, -0.05) is 0 Å². The summed E-state index contributed by atoms with van der Waals surface area (Å²) in [5.74, 6) is 0. The Labute approximate surface area is 77.0 Å². The van der Waals surface area contributed by atoms with Crippen LogP contribution in [0.1, 0.15) is 5.69 Å². The van der Waals surface area contributed by atoms with Crippen LogP contribution < -0.4 is 0 Å². The third-order valence-electron chi connectivity index (χ3n) is 1.96. The third-order valence-corrected chi connectivity index (χ3v) is 1.96. The van der Waals surface area contributed by atoms with Crippen LogP contribution in [0.2, 0.25) is 0 Å². The summed E-state index contributed by atoms with van der Waals surface area (Å²) in [6, 6.07) is 6.01. The maximum atomic E-state index is 4.28. The fourth-order valence-corrected chi connectivity index (χ4v) is 1.40. The second-order valence-corrected chi connectivity index (χ2v) is 3.04. The molecule has 0 bridgehead atoms. The smallest absolute Gasteiger partial charge is 0.0697 e. The second kappa shape index (κ2) is 3.01. The number of nitrogens with zero attached hydrogens (tertiary/aromatic N) is 3. The van der Waals surface area contributed by atoms with Gasteiger partial charge < -0.3 is 0 Å². The van der Waals surface area contributed by atoms with Crippen molar-refractivity contribution in [3.05, 3.63) is 36.3 Å². The average Bonchev–Trinajstić information content (AvgIpc) is 2.47. The monoisotopic (exact) mass is 173 g/mol. The first-order chi connectivity index (χ1) is 6.27. The molecule has 0 unspecified atom stereocenters. The van der Waals surface area contributed by atoms with Gasteiger partial charge in [0.2, 0.25) is 0 Å². The molecule has 0 spiro atoms. The van der Waals surface area contributed by atoms with Crippen molar-refractivity contribution in [2.45, 2.75) is 6.92 Å². The van der Waals surface area contributed by atoms with Crippen LogP contribution in [0.3, 0.4) is 0 Å². The fourth-order valence-electron chi connectivity index (χ4n) is 1.40. The van der Waals surface area contributed by atoms with Crippen LogP contribution in [-0.2, 0) is 7.05 Å². The molecule has 2 rings (SSSR count). The highest BCUT2D eigenvalue weighted by atomic mass is 15.3. The van der Waals surface area contributed by atoms with Crippen LogP contribution in [0.15, 0.2) is 30.6 Å². The molecule has 0 fully saturated rings. The van der Waals surface area contributed by atoms with Crippen molar-refractivity contribution in [2.24, 2.45) is 7.05 Å². The minimum Gasteiger partial charge on any atom is -0.268 e. The van der Waals surface area contributed by atoms with E-state index < -0.39 is 0 Å². The first-order valence-electron chi connectivity index (χ1n) is 4.18. The number of aromatic nitrogens is 3.